The number of ether oxygens (including phenoxy) is 3. The largest absolute Gasteiger partial charge is 0.462 e. The molecule has 0 aliphatic heterocycles. The lowest BCUT2D eigenvalue weighted by Crippen LogP contribution is -2.30. The van der Waals surface area contributed by atoms with E-state index in [9.17, 15) is 14.4 Å². The van der Waals surface area contributed by atoms with Crippen molar-refractivity contribution in [1.29, 1.82) is 0 Å². The highest BCUT2D eigenvalue weighted by Crippen LogP contribution is 2.19. The molecule has 0 N–H and O–H groups in total. The van der Waals surface area contributed by atoms with Crippen LogP contribution in [0.4, 0.5) is 0 Å². The van der Waals surface area contributed by atoms with Gasteiger partial charge in [-0.15, -0.1) is 0 Å². The summed E-state index contributed by atoms with van der Waals surface area (Å²) in [6, 6.07) is 0. The maximum absolute atomic E-state index is 12.9. The first-order valence-corrected chi connectivity index (χ1v) is 29.6. The van der Waals surface area contributed by atoms with Crippen molar-refractivity contribution in [3.63, 3.8) is 0 Å². The number of carbonyl (C=O) groups excluding carboxylic acids is 3. The van der Waals surface area contributed by atoms with Crippen LogP contribution in [0, 0.1) is 17.8 Å². The van der Waals surface area contributed by atoms with Crippen LogP contribution in [0.25, 0.3) is 0 Å². The monoisotopic (exact) mass is 933 g/mol. The van der Waals surface area contributed by atoms with Gasteiger partial charge in [0.15, 0.2) is 6.10 Å². The lowest BCUT2D eigenvalue weighted by molar-refractivity contribution is -0.167. The van der Waals surface area contributed by atoms with E-state index in [0.717, 1.165) is 75.5 Å². The number of carbonyl (C=O) groups is 3. The van der Waals surface area contributed by atoms with Crippen molar-refractivity contribution in [2.75, 3.05) is 13.2 Å². The molecule has 0 aromatic carbocycles. The maximum Gasteiger partial charge on any atom is 0.306 e. The molecule has 0 rings (SSSR count). The second-order valence-corrected chi connectivity index (χ2v) is 22.1. The van der Waals surface area contributed by atoms with Crippen molar-refractivity contribution < 1.29 is 28.6 Å². The van der Waals surface area contributed by atoms with Gasteiger partial charge in [-0.2, -0.15) is 0 Å². The lowest BCUT2D eigenvalue weighted by atomic mass is 10.0. The van der Waals surface area contributed by atoms with Gasteiger partial charge in [0.2, 0.25) is 0 Å². The molecule has 0 saturated carbocycles. The van der Waals surface area contributed by atoms with Crippen molar-refractivity contribution >= 4 is 17.9 Å². The minimum Gasteiger partial charge on any atom is -0.462 e. The van der Waals surface area contributed by atoms with Gasteiger partial charge in [-0.1, -0.05) is 292 Å². The van der Waals surface area contributed by atoms with Crippen LogP contribution < -0.4 is 0 Å². The van der Waals surface area contributed by atoms with E-state index < -0.39 is 6.10 Å². The van der Waals surface area contributed by atoms with E-state index in [2.05, 4.69) is 41.5 Å². The molecule has 0 bridgehead atoms. The molecule has 66 heavy (non-hydrogen) atoms. The van der Waals surface area contributed by atoms with Crippen molar-refractivity contribution in [1.82, 2.24) is 0 Å². The number of esters is 3. The van der Waals surface area contributed by atoms with Gasteiger partial charge in [0.05, 0.1) is 0 Å². The summed E-state index contributed by atoms with van der Waals surface area (Å²) in [5.74, 6) is 1.67. The Morgan fingerprint density at radius 2 is 0.439 bits per heavy atom. The van der Waals surface area contributed by atoms with Crippen molar-refractivity contribution in [3.8, 4) is 0 Å². The molecular weight excluding hydrogens is 817 g/mol. The van der Waals surface area contributed by atoms with Gasteiger partial charge in [-0.05, 0) is 37.0 Å². The van der Waals surface area contributed by atoms with Gasteiger partial charge < -0.3 is 14.2 Å². The van der Waals surface area contributed by atoms with Gasteiger partial charge in [0.1, 0.15) is 13.2 Å². The Hall–Kier alpha value is -1.59. The highest BCUT2D eigenvalue weighted by Gasteiger charge is 2.19. The molecule has 0 aliphatic carbocycles. The summed E-state index contributed by atoms with van der Waals surface area (Å²) < 4.78 is 16.9. The fraction of sp³-hybridized carbons (Fsp3) is 0.950. The second-order valence-electron chi connectivity index (χ2n) is 22.1. The van der Waals surface area contributed by atoms with E-state index in [1.165, 1.54) is 212 Å². The van der Waals surface area contributed by atoms with Crippen LogP contribution in [0.5, 0.6) is 0 Å². The summed E-state index contributed by atoms with van der Waals surface area (Å²) in [6.07, 6.45) is 53.8. The highest BCUT2D eigenvalue weighted by molar-refractivity contribution is 5.71. The van der Waals surface area contributed by atoms with Crippen molar-refractivity contribution in [3.05, 3.63) is 0 Å². The average molecular weight is 934 g/mol. The zero-order valence-corrected chi connectivity index (χ0v) is 45.5. The van der Waals surface area contributed by atoms with E-state index in [1.54, 1.807) is 0 Å². The Morgan fingerprint density at radius 3 is 0.652 bits per heavy atom. The molecule has 0 heterocycles. The fourth-order valence-corrected chi connectivity index (χ4v) is 9.18. The van der Waals surface area contributed by atoms with Crippen LogP contribution in [-0.2, 0) is 28.6 Å². The predicted octanol–water partition coefficient (Wildman–Crippen LogP) is 19.5. The lowest BCUT2D eigenvalue weighted by Gasteiger charge is -2.18. The average Bonchev–Trinajstić information content (AvgIpc) is 3.28. The molecule has 0 fully saturated rings. The Labute approximate surface area is 412 Å². The van der Waals surface area contributed by atoms with Crippen LogP contribution >= 0.6 is 0 Å². The van der Waals surface area contributed by atoms with Crippen LogP contribution in [0.15, 0.2) is 0 Å². The summed E-state index contributed by atoms with van der Waals surface area (Å²) in [4.78, 5) is 38.2. The predicted molar refractivity (Wildman–Crippen MR) is 284 cm³/mol. The van der Waals surface area contributed by atoms with Crippen LogP contribution in [-0.4, -0.2) is 37.2 Å². The zero-order chi connectivity index (χ0) is 48.4. The Bertz CT molecular complexity index is 1020. The molecule has 1 atom stereocenters. The topological polar surface area (TPSA) is 78.9 Å². The number of hydrogen-bond donors (Lipinski definition) is 0. The maximum atomic E-state index is 12.9. The van der Waals surface area contributed by atoms with Crippen LogP contribution in [0.3, 0.4) is 0 Å². The molecule has 6 heteroatoms. The van der Waals surface area contributed by atoms with Gasteiger partial charge in [0.25, 0.3) is 0 Å². The normalized spacial score (nSPS) is 12.1. The van der Waals surface area contributed by atoms with Gasteiger partial charge in [-0.3, -0.25) is 14.4 Å². The first-order valence-electron chi connectivity index (χ1n) is 29.6. The standard InChI is InChI=1S/C60H116O6/c1-54(2)46-40-34-28-22-16-12-9-7-8-10-14-19-27-33-39-45-51-60(63)66-57(53-65-59(62)50-44-38-32-26-21-20-24-30-36-42-48-56(5)6)52-64-58(61)49-43-37-31-25-18-15-11-13-17-23-29-35-41-47-55(3)4/h54-57H,7-53H2,1-6H3/t57-/m1/s1. The molecule has 0 spiro atoms. The molecule has 0 aromatic heterocycles. The Balaban J connectivity index is 4.29. The van der Waals surface area contributed by atoms with E-state index in [1.807, 2.05) is 0 Å². The molecule has 0 unspecified atom stereocenters. The smallest absolute Gasteiger partial charge is 0.306 e. The van der Waals surface area contributed by atoms with Crippen LogP contribution in [0.2, 0.25) is 0 Å². The first-order chi connectivity index (χ1) is 32.1. The molecule has 6 nitrogen and oxygen atoms in total. The van der Waals surface area contributed by atoms with E-state index in [0.29, 0.717) is 19.3 Å². The van der Waals surface area contributed by atoms with Gasteiger partial charge in [0, 0.05) is 19.3 Å². The molecule has 392 valence electrons. The summed E-state index contributed by atoms with van der Waals surface area (Å²) in [5, 5.41) is 0. The molecule has 0 saturated heterocycles. The van der Waals surface area contributed by atoms with E-state index >= 15 is 0 Å². The minimum atomic E-state index is -0.764. The number of hydrogen-bond acceptors (Lipinski definition) is 6. The summed E-state index contributed by atoms with van der Waals surface area (Å²) in [6.45, 7) is 13.8. The molecule has 0 aromatic rings. The van der Waals surface area contributed by atoms with E-state index in [4.69, 9.17) is 14.2 Å². The second kappa shape index (κ2) is 51.3. The molecule has 0 aliphatic rings. The minimum absolute atomic E-state index is 0.0634. The van der Waals surface area contributed by atoms with E-state index in [-0.39, 0.29) is 31.1 Å². The third-order valence-electron chi connectivity index (χ3n) is 13.6. The van der Waals surface area contributed by atoms with Crippen LogP contribution in [0.1, 0.15) is 330 Å². The fourth-order valence-electron chi connectivity index (χ4n) is 9.18. The quantitative estimate of drug-likeness (QED) is 0.0343. The van der Waals surface area contributed by atoms with Gasteiger partial charge in [-0.25, -0.2) is 0 Å². The Kier molecular flexibility index (Phi) is 50.0. The zero-order valence-electron chi connectivity index (χ0n) is 45.5. The SMILES string of the molecule is CC(C)CCCCCCCCCCCCCCCCCCC(=O)O[C@H](COC(=O)CCCCCCCCCCCCCCCC(C)C)COC(=O)CCCCCCCCCCCCC(C)C. The molecule has 0 radical (unpaired) electrons. The third-order valence-corrected chi connectivity index (χ3v) is 13.6. The summed E-state index contributed by atoms with van der Waals surface area (Å²) in [7, 11) is 0. The molecular formula is C60H116O6. The third kappa shape index (κ3) is 53.4. The van der Waals surface area contributed by atoms with Crippen molar-refractivity contribution in [2.45, 2.75) is 337 Å². The van der Waals surface area contributed by atoms with Gasteiger partial charge >= 0.3 is 17.9 Å². The van der Waals surface area contributed by atoms with Crippen molar-refractivity contribution in [2.24, 2.45) is 17.8 Å². The number of unbranched alkanes of at least 4 members (excludes halogenated alkanes) is 36. The summed E-state index contributed by atoms with van der Waals surface area (Å²) in [5.41, 5.74) is 0. The number of rotatable bonds is 53. The first kappa shape index (κ1) is 64.4. The Morgan fingerprint density at radius 1 is 0.258 bits per heavy atom. The summed E-state index contributed by atoms with van der Waals surface area (Å²) >= 11 is 0. The molecule has 0 amide bonds. The highest BCUT2D eigenvalue weighted by atomic mass is 16.6.